The number of hydrogen-bond acceptors (Lipinski definition) is 3. The predicted octanol–water partition coefficient (Wildman–Crippen LogP) is 3.48. The Labute approximate surface area is 115 Å². The van der Waals surface area contributed by atoms with Gasteiger partial charge in [0.2, 0.25) is 5.88 Å². The number of hydrogen-bond donors (Lipinski definition) is 1. The molecule has 0 spiro atoms. The van der Waals surface area contributed by atoms with Crippen molar-refractivity contribution < 1.29 is 9.84 Å². The zero-order chi connectivity index (χ0) is 13.1. The summed E-state index contributed by atoms with van der Waals surface area (Å²) in [7, 11) is 1.52. The van der Waals surface area contributed by atoms with E-state index in [4.69, 9.17) is 27.9 Å². The van der Waals surface area contributed by atoms with E-state index >= 15 is 0 Å². The fourth-order valence-corrected chi connectivity index (χ4v) is 1.98. The molecule has 18 heavy (non-hydrogen) atoms. The molecular formula is C13H11Cl2NO2. The number of aliphatic hydroxyl groups is 1. The number of benzene rings is 1. The first-order valence-electron chi connectivity index (χ1n) is 5.26. The summed E-state index contributed by atoms with van der Waals surface area (Å²) in [4.78, 5) is 4.16. The Morgan fingerprint density at radius 2 is 2.00 bits per heavy atom. The highest BCUT2D eigenvalue weighted by atomic mass is 35.5. The summed E-state index contributed by atoms with van der Waals surface area (Å²) in [6.45, 7) is 0. The van der Waals surface area contributed by atoms with Crippen LogP contribution in [0.25, 0.3) is 0 Å². The molecular weight excluding hydrogens is 273 g/mol. The number of aromatic nitrogens is 1. The second-order valence-corrected chi connectivity index (χ2v) is 4.52. The third-order valence-electron chi connectivity index (χ3n) is 2.49. The van der Waals surface area contributed by atoms with E-state index < -0.39 is 6.10 Å². The maximum Gasteiger partial charge on any atom is 0.213 e. The molecule has 0 aliphatic carbocycles. The van der Waals surface area contributed by atoms with Gasteiger partial charge in [-0.1, -0.05) is 29.3 Å². The van der Waals surface area contributed by atoms with Crippen molar-refractivity contribution in [3.05, 3.63) is 57.7 Å². The Morgan fingerprint density at radius 3 is 2.72 bits per heavy atom. The average Bonchev–Trinajstić information content (AvgIpc) is 2.41. The Balaban J connectivity index is 2.40. The Hall–Kier alpha value is -1.29. The smallest absolute Gasteiger partial charge is 0.213 e. The number of aliphatic hydroxyl groups excluding tert-OH is 1. The summed E-state index contributed by atoms with van der Waals surface area (Å²) < 4.78 is 5.01. The normalized spacial score (nSPS) is 12.2. The molecule has 0 radical (unpaired) electrons. The molecule has 2 rings (SSSR count). The van der Waals surface area contributed by atoms with Gasteiger partial charge < -0.3 is 9.84 Å². The summed E-state index contributed by atoms with van der Waals surface area (Å²) >= 11 is 11.9. The second-order valence-electron chi connectivity index (χ2n) is 3.67. The van der Waals surface area contributed by atoms with Crippen molar-refractivity contribution in [1.29, 1.82) is 0 Å². The van der Waals surface area contributed by atoms with E-state index in [1.807, 2.05) is 0 Å². The van der Waals surface area contributed by atoms with Gasteiger partial charge in [-0.2, -0.15) is 0 Å². The SMILES string of the molecule is COc1cccc(C(O)c2cc(Cl)ccc2Cl)n1. The number of pyridine rings is 1. The largest absolute Gasteiger partial charge is 0.481 e. The van der Waals surface area contributed by atoms with Gasteiger partial charge in [0.15, 0.2) is 0 Å². The number of halogens is 2. The van der Waals surface area contributed by atoms with Crippen molar-refractivity contribution in [2.24, 2.45) is 0 Å². The number of methoxy groups -OCH3 is 1. The van der Waals surface area contributed by atoms with Crippen LogP contribution in [-0.4, -0.2) is 17.2 Å². The third-order valence-corrected chi connectivity index (χ3v) is 3.07. The summed E-state index contributed by atoms with van der Waals surface area (Å²) in [6, 6.07) is 10.1. The molecule has 1 unspecified atom stereocenters. The van der Waals surface area contributed by atoms with Crippen LogP contribution in [0, 0.1) is 0 Å². The Bertz CT molecular complexity index is 560. The van der Waals surface area contributed by atoms with Crippen molar-refractivity contribution in [3.8, 4) is 5.88 Å². The number of ether oxygens (including phenoxy) is 1. The fourth-order valence-electron chi connectivity index (χ4n) is 1.58. The van der Waals surface area contributed by atoms with Crippen LogP contribution in [0.5, 0.6) is 5.88 Å². The average molecular weight is 284 g/mol. The second kappa shape index (κ2) is 5.57. The number of rotatable bonds is 3. The van der Waals surface area contributed by atoms with Crippen molar-refractivity contribution in [2.75, 3.05) is 7.11 Å². The van der Waals surface area contributed by atoms with Crippen molar-refractivity contribution in [3.63, 3.8) is 0 Å². The zero-order valence-electron chi connectivity index (χ0n) is 9.60. The van der Waals surface area contributed by atoms with Gasteiger partial charge in [-0.05, 0) is 24.3 Å². The van der Waals surface area contributed by atoms with Crippen LogP contribution in [0.15, 0.2) is 36.4 Å². The Kier molecular flexibility index (Phi) is 4.07. The quantitative estimate of drug-likeness (QED) is 0.938. The summed E-state index contributed by atoms with van der Waals surface area (Å²) in [5.74, 6) is 0.435. The van der Waals surface area contributed by atoms with E-state index in [-0.39, 0.29) is 0 Å². The third kappa shape index (κ3) is 2.75. The molecule has 2 aromatic rings. The number of nitrogens with zero attached hydrogens (tertiary/aromatic N) is 1. The van der Waals surface area contributed by atoms with Crippen molar-refractivity contribution in [1.82, 2.24) is 4.98 Å². The zero-order valence-corrected chi connectivity index (χ0v) is 11.1. The van der Waals surface area contributed by atoms with Crippen molar-refractivity contribution >= 4 is 23.2 Å². The standard InChI is InChI=1S/C13H11Cl2NO2/c1-18-12-4-2-3-11(16-12)13(17)9-7-8(14)5-6-10(9)15/h2-7,13,17H,1H3. The first-order valence-corrected chi connectivity index (χ1v) is 6.01. The lowest BCUT2D eigenvalue weighted by molar-refractivity contribution is 0.214. The maximum atomic E-state index is 10.3. The van der Waals surface area contributed by atoms with E-state index in [2.05, 4.69) is 4.98 Å². The van der Waals surface area contributed by atoms with E-state index in [9.17, 15) is 5.11 Å². The van der Waals surface area contributed by atoms with E-state index in [0.717, 1.165) is 0 Å². The highest BCUT2D eigenvalue weighted by Gasteiger charge is 2.16. The molecule has 0 aliphatic rings. The molecule has 3 nitrogen and oxygen atoms in total. The van der Waals surface area contributed by atoms with Crippen LogP contribution in [0.2, 0.25) is 10.0 Å². The maximum absolute atomic E-state index is 10.3. The van der Waals surface area contributed by atoms with E-state index in [0.29, 0.717) is 27.2 Å². The summed E-state index contributed by atoms with van der Waals surface area (Å²) in [6.07, 6.45) is -0.939. The minimum Gasteiger partial charge on any atom is -0.481 e. The molecule has 0 saturated carbocycles. The van der Waals surface area contributed by atoms with E-state index in [1.165, 1.54) is 7.11 Å². The summed E-state index contributed by atoms with van der Waals surface area (Å²) in [5.41, 5.74) is 0.975. The van der Waals surface area contributed by atoms with Gasteiger partial charge in [-0.3, -0.25) is 0 Å². The molecule has 0 amide bonds. The van der Waals surface area contributed by atoms with Crippen LogP contribution >= 0.6 is 23.2 Å². The molecule has 0 saturated heterocycles. The molecule has 1 aromatic carbocycles. The molecule has 0 fully saturated rings. The molecule has 0 bridgehead atoms. The molecule has 1 aromatic heterocycles. The van der Waals surface area contributed by atoms with Crippen LogP contribution < -0.4 is 4.74 Å². The molecule has 0 aliphatic heterocycles. The van der Waals surface area contributed by atoms with Crippen molar-refractivity contribution in [2.45, 2.75) is 6.10 Å². The van der Waals surface area contributed by atoms with Crippen LogP contribution in [-0.2, 0) is 0 Å². The lowest BCUT2D eigenvalue weighted by Gasteiger charge is -2.13. The van der Waals surface area contributed by atoms with Gasteiger partial charge in [0.1, 0.15) is 6.10 Å². The Morgan fingerprint density at radius 1 is 1.22 bits per heavy atom. The molecule has 1 heterocycles. The van der Waals surface area contributed by atoms with Crippen LogP contribution in [0.4, 0.5) is 0 Å². The lowest BCUT2D eigenvalue weighted by atomic mass is 10.1. The van der Waals surface area contributed by atoms with Crippen LogP contribution in [0.1, 0.15) is 17.4 Å². The van der Waals surface area contributed by atoms with E-state index in [1.54, 1.807) is 36.4 Å². The fraction of sp³-hybridized carbons (Fsp3) is 0.154. The molecule has 1 N–H and O–H groups in total. The molecule has 94 valence electrons. The lowest BCUT2D eigenvalue weighted by Crippen LogP contribution is -2.04. The molecule has 1 atom stereocenters. The first kappa shape index (κ1) is 13.1. The highest BCUT2D eigenvalue weighted by molar-refractivity contribution is 6.33. The van der Waals surface area contributed by atoms with Gasteiger partial charge >= 0.3 is 0 Å². The van der Waals surface area contributed by atoms with Gasteiger partial charge in [0.25, 0.3) is 0 Å². The van der Waals surface area contributed by atoms with Crippen LogP contribution in [0.3, 0.4) is 0 Å². The monoisotopic (exact) mass is 283 g/mol. The van der Waals surface area contributed by atoms with Gasteiger partial charge in [-0.25, -0.2) is 4.98 Å². The first-order chi connectivity index (χ1) is 8.61. The highest BCUT2D eigenvalue weighted by Crippen LogP contribution is 2.30. The summed E-state index contributed by atoms with van der Waals surface area (Å²) in [5, 5.41) is 11.2. The minimum atomic E-state index is -0.939. The van der Waals surface area contributed by atoms with Gasteiger partial charge in [0, 0.05) is 21.7 Å². The topological polar surface area (TPSA) is 42.4 Å². The van der Waals surface area contributed by atoms with Gasteiger partial charge in [-0.15, -0.1) is 0 Å². The molecule has 5 heteroatoms. The predicted molar refractivity (Wildman–Crippen MR) is 71.3 cm³/mol. The minimum absolute atomic E-state index is 0.435. The van der Waals surface area contributed by atoms with Gasteiger partial charge in [0.05, 0.1) is 12.8 Å².